The molecule has 1 heterocycles. The Morgan fingerprint density at radius 2 is 2.00 bits per heavy atom. The van der Waals surface area contributed by atoms with Gasteiger partial charge in [-0.25, -0.2) is 0 Å². The maximum Gasteiger partial charge on any atom is 0.184 e. The summed E-state index contributed by atoms with van der Waals surface area (Å²) in [5, 5.41) is 0. The average molecular weight is 241 g/mol. The van der Waals surface area contributed by atoms with Crippen molar-refractivity contribution in [2.75, 3.05) is 12.5 Å². The maximum absolute atomic E-state index is 5.72. The van der Waals surface area contributed by atoms with Crippen LogP contribution in [0.4, 0.5) is 0 Å². The van der Waals surface area contributed by atoms with Crippen LogP contribution in [0, 0.1) is 0 Å². The van der Waals surface area contributed by atoms with Gasteiger partial charge in [-0.1, -0.05) is 38.1 Å². The van der Waals surface area contributed by atoms with Crippen LogP contribution < -0.4 is 0 Å². The number of hydrogen-bond donors (Lipinski definition) is 0. The highest BCUT2D eigenvalue weighted by molar-refractivity contribution is 6.18. The van der Waals surface area contributed by atoms with Crippen molar-refractivity contribution in [2.24, 2.45) is 0 Å². The molecule has 0 unspecified atom stereocenters. The van der Waals surface area contributed by atoms with Crippen LogP contribution in [0.2, 0.25) is 0 Å². The molecule has 0 aliphatic carbocycles. The summed E-state index contributed by atoms with van der Waals surface area (Å²) in [4.78, 5) is 0. The third kappa shape index (κ3) is 2.57. The monoisotopic (exact) mass is 240 g/mol. The van der Waals surface area contributed by atoms with Gasteiger partial charge < -0.3 is 9.47 Å². The summed E-state index contributed by atoms with van der Waals surface area (Å²) < 4.78 is 11.2. The van der Waals surface area contributed by atoms with E-state index >= 15 is 0 Å². The molecule has 16 heavy (non-hydrogen) atoms. The van der Waals surface area contributed by atoms with E-state index < -0.39 is 0 Å². The summed E-state index contributed by atoms with van der Waals surface area (Å²) in [6.07, 6.45) is -0.221. The molecule has 2 nitrogen and oxygen atoms in total. The standard InChI is InChI=1S/C13H17ClO2/c1-9(2)10-3-5-11(6-4-10)13-15-8-12(7-14)16-13/h3-6,9,12-13H,7-8H2,1-2H3/t12-,13+/m0/s1. The fraction of sp³-hybridized carbons (Fsp3) is 0.538. The summed E-state index contributed by atoms with van der Waals surface area (Å²) in [6.45, 7) is 4.95. The minimum Gasteiger partial charge on any atom is -0.346 e. The Balaban J connectivity index is 2.05. The number of ether oxygens (including phenoxy) is 2. The summed E-state index contributed by atoms with van der Waals surface area (Å²) in [5.41, 5.74) is 2.40. The van der Waals surface area contributed by atoms with Crippen molar-refractivity contribution in [3.8, 4) is 0 Å². The van der Waals surface area contributed by atoms with Crippen LogP contribution in [-0.4, -0.2) is 18.6 Å². The predicted molar refractivity (Wildman–Crippen MR) is 64.8 cm³/mol. The number of alkyl halides is 1. The van der Waals surface area contributed by atoms with E-state index in [9.17, 15) is 0 Å². The molecule has 1 aliphatic heterocycles. The molecule has 3 heteroatoms. The van der Waals surface area contributed by atoms with Crippen LogP contribution >= 0.6 is 11.6 Å². The molecule has 0 saturated carbocycles. The molecule has 88 valence electrons. The molecule has 2 atom stereocenters. The average Bonchev–Trinajstić information content (AvgIpc) is 2.77. The number of hydrogen-bond acceptors (Lipinski definition) is 2. The van der Waals surface area contributed by atoms with Gasteiger partial charge in [0.05, 0.1) is 18.6 Å². The van der Waals surface area contributed by atoms with E-state index in [1.165, 1.54) is 5.56 Å². The Morgan fingerprint density at radius 3 is 2.50 bits per heavy atom. The van der Waals surface area contributed by atoms with Gasteiger partial charge in [-0.15, -0.1) is 11.6 Å². The Labute approximate surface area is 102 Å². The smallest absolute Gasteiger partial charge is 0.184 e. The molecule has 1 aliphatic rings. The van der Waals surface area contributed by atoms with Crippen molar-refractivity contribution >= 4 is 11.6 Å². The normalized spacial score (nSPS) is 25.2. The van der Waals surface area contributed by atoms with E-state index in [-0.39, 0.29) is 12.4 Å². The van der Waals surface area contributed by atoms with Crippen LogP contribution in [0.25, 0.3) is 0 Å². The molecule has 0 spiro atoms. The number of rotatable bonds is 3. The molecule has 1 fully saturated rings. The first-order valence-corrected chi connectivity index (χ1v) is 6.17. The molecule has 0 bridgehead atoms. The fourth-order valence-electron chi connectivity index (χ4n) is 1.74. The van der Waals surface area contributed by atoms with Gasteiger partial charge in [0, 0.05) is 5.56 Å². The minimum absolute atomic E-state index is 0.0245. The molecule has 1 aromatic carbocycles. The van der Waals surface area contributed by atoms with Crippen molar-refractivity contribution in [1.29, 1.82) is 0 Å². The molecule has 0 amide bonds. The lowest BCUT2D eigenvalue weighted by Crippen LogP contribution is -2.10. The van der Waals surface area contributed by atoms with Gasteiger partial charge in [-0.2, -0.15) is 0 Å². The first-order chi connectivity index (χ1) is 7.70. The largest absolute Gasteiger partial charge is 0.346 e. The molecule has 1 aromatic rings. The molecule has 1 saturated heterocycles. The highest BCUT2D eigenvalue weighted by Crippen LogP contribution is 2.28. The lowest BCUT2D eigenvalue weighted by Gasteiger charge is -2.12. The first-order valence-electron chi connectivity index (χ1n) is 5.63. The molecule has 0 aromatic heterocycles. The van der Waals surface area contributed by atoms with Crippen LogP contribution in [0.5, 0.6) is 0 Å². The van der Waals surface area contributed by atoms with E-state index in [0.717, 1.165) is 5.56 Å². The lowest BCUT2D eigenvalue weighted by atomic mass is 10.0. The van der Waals surface area contributed by atoms with Gasteiger partial charge in [-0.3, -0.25) is 0 Å². The zero-order valence-electron chi connectivity index (χ0n) is 9.65. The second kappa shape index (κ2) is 5.17. The number of halogens is 1. The van der Waals surface area contributed by atoms with Gasteiger partial charge in [0.1, 0.15) is 0 Å². The van der Waals surface area contributed by atoms with Gasteiger partial charge in [0.2, 0.25) is 0 Å². The summed E-state index contributed by atoms with van der Waals surface area (Å²) >= 11 is 5.72. The Bertz CT molecular complexity index is 334. The van der Waals surface area contributed by atoms with Crippen molar-refractivity contribution in [2.45, 2.75) is 32.2 Å². The topological polar surface area (TPSA) is 18.5 Å². The molecule has 0 radical (unpaired) electrons. The zero-order valence-corrected chi connectivity index (χ0v) is 10.4. The van der Waals surface area contributed by atoms with Gasteiger partial charge in [0.25, 0.3) is 0 Å². The minimum atomic E-state index is -0.245. The van der Waals surface area contributed by atoms with E-state index in [1.807, 2.05) is 0 Å². The Hall–Kier alpha value is -0.570. The maximum atomic E-state index is 5.72. The van der Waals surface area contributed by atoms with Crippen molar-refractivity contribution in [1.82, 2.24) is 0 Å². The molecule has 2 rings (SSSR count). The molecular weight excluding hydrogens is 224 g/mol. The third-order valence-corrected chi connectivity index (χ3v) is 3.14. The molecular formula is C13H17ClO2. The summed E-state index contributed by atoms with van der Waals surface area (Å²) in [5.74, 6) is 1.04. The summed E-state index contributed by atoms with van der Waals surface area (Å²) in [7, 11) is 0. The van der Waals surface area contributed by atoms with Crippen LogP contribution in [0.15, 0.2) is 24.3 Å². The Morgan fingerprint density at radius 1 is 1.31 bits per heavy atom. The van der Waals surface area contributed by atoms with E-state index in [1.54, 1.807) is 0 Å². The van der Waals surface area contributed by atoms with Crippen molar-refractivity contribution in [3.05, 3.63) is 35.4 Å². The second-order valence-electron chi connectivity index (χ2n) is 4.40. The van der Waals surface area contributed by atoms with Crippen molar-refractivity contribution < 1.29 is 9.47 Å². The lowest BCUT2D eigenvalue weighted by molar-refractivity contribution is -0.0567. The second-order valence-corrected chi connectivity index (χ2v) is 4.71. The SMILES string of the molecule is CC(C)c1ccc([C@@H]2OC[C@H](CCl)O2)cc1. The Kier molecular flexibility index (Phi) is 3.85. The van der Waals surface area contributed by atoms with Crippen molar-refractivity contribution in [3.63, 3.8) is 0 Å². The van der Waals surface area contributed by atoms with E-state index in [4.69, 9.17) is 21.1 Å². The fourth-order valence-corrected chi connectivity index (χ4v) is 1.90. The van der Waals surface area contributed by atoms with Crippen LogP contribution in [0.3, 0.4) is 0 Å². The summed E-state index contributed by atoms with van der Waals surface area (Å²) in [6, 6.07) is 8.38. The zero-order chi connectivity index (χ0) is 11.5. The first kappa shape index (κ1) is 11.9. The van der Waals surface area contributed by atoms with Crippen LogP contribution in [0.1, 0.15) is 37.2 Å². The number of benzene rings is 1. The van der Waals surface area contributed by atoms with Gasteiger partial charge >= 0.3 is 0 Å². The van der Waals surface area contributed by atoms with E-state index in [2.05, 4.69) is 38.1 Å². The van der Waals surface area contributed by atoms with Gasteiger partial charge in [0.15, 0.2) is 6.29 Å². The van der Waals surface area contributed by atoms with Gasteiger partial charge in [-0.05, 0) is 11.5 Å². The molecule has 0 N–H and O–H groups in total. The van der Waals surface area contributed by atoms with E-state index in [0.29, 0.717) is 18.4 Å². The van der Waals surface area contributed by atoms with Crippen LogP contribution in [-0.2, 0) is 9.47 Å². The third-order valence-electron chi connectivity index (χ3n) is 2.80. The highest BCUT2D eigenvalue weighted by atomic mass is 35.5. The predicted octanol–water partition coefficient (Wildman–Crippen LogP) is 3.46. The quantitative estimate of drug-likeness (QED) is 0.754. The highest BCUT2D eigenvalue weighted by Gasteiger charge is 2.26.